The van der Waals surface area contributed by atoms with Gasteiger partial charge in [0.25, 0.3) is 0 Å². The summed E-state index contributed by atoms with van der Waals surface area (Å²) in [5, 5.41) is 6.19. The first-order valence-corrected chi connectivity index (χ1v) is 3.89. The van der Waals surface area contributed by atoms with Crippen LogP contribution in [0.4, 0.5) is 4.39 Å². The summed E-state index contributed by atoms with van der Waals surface area (Å²) in [6, 6.07) is 0. The van der Waals surface area contributed by atoms with E-state index in [4.69, 9.17) is 0 Å². The van der Waals surface area contributed by atoms with Crippen molar-refractivity contribution in [1.82, 2.24) is 10.6 Å². The predicted octanol–water partition coefficient (Wildman–Crippen LogP) is -0.0926. The summed E-state index contributed by atoms with van der Waals surface area (Å²) < 4.78 is 13.2. The van der Waals surface area contributed by atoms with Crippen LogP contribution in [0.3, 0.4) is 0 Å². The fourth-order valence-corrected chi connectivity index (χ4v) is 1.78. The van der Waals surface area contributed by atoms with Crippen LogP contribution in [0, 0.1) is 5.41 Å². The average Bonchev–Trinajstić information content (AvgIpc) is 1.85. The second-order valence-corrected chi connectivity index (χ2v) is 3.39. The van der Waals surface area contributed by atoms with Gasteiger partial charge in [-0.05, 0) is 13.0 Å². The van der Waals surface area contributed by atoms with Gasteiger partial charge in [0.15, 0.2) is 0 Å². The molecule has 0 radical (unpaired) electrons. The number of piperidine rings is 1. The number of alkyl halides is 1. The molecule has 1 atom stereocenters. The molecule has 2 aliphatic rings. The third kappa shape index (κ3) is 0.772. The number of hydrogen-bond acceptors (Lipinski definition) is 2. The van der Waals surface area contributed by atoms with E-state index >= 15 is 0 Å². The van der Waals surface area contributed by atoms with E-state index in [9.17, 15) is 4.39 Å². The van der Waals surface area contributed by atoms with Crippen molar-refractivity contribution in [2.24, 2.45) is 5.41 Å². The Bertz CT molecular complexity index is 134. The van der Waals surface area contributed by atoms with Crippen LogP contribution >= 0.6 is 0 Å². The number of halogens is 1. The van der Waals surface area contributed by atoms with Crippen molar-refractivity contribution >= 4 is 0 Å². The Labute approximate surface area is 60.2 Å². The lowest BCUT2D eigenvalue weighted by molar-refractivity contribution is 0.0172. The van der Waals surface area contributed by atoms with Gasteiger partial charge in [-0.25, -0.2) is 4.39 Å². The normalized spacial score (nSPS) is 37.5. The maximum atomic E-state index is 13.2. The Kier molecular flexibility index (Phi) is 1.42. The van der Waals surface area contributed by atoms with Crippen LogP contribution < -0.4 is 10.6 Å². The van der Waals surface area contributed by atoms with Crippen molar-refractivity contribution in [3.8, 4) is 0 Å². The number of nitrogens with one attached hydrogen (secondary N) is 2. The smallest absolute Gasteiger partial charge is 0.121 e. The Morgan fingerprint density at radius 1 is 1.30 bits per heavy atom. The molecule has 2 heterocycles. The van der Waals surface area contributed by atoms with Crippen molar-refractivity contribution in [3.05, 3.63) is 0 Å². The molecule has 10 heavy (non-hydrogen) atoms. The highest BCUT2D eigenvalue weighted by Gasteiger charge is 2.45. The molecule has 0 bridgehead atoms. The maximum absolute atomic E-state index is 13.2. The second-order valence-electron chi connectivity index (χ2n) is 3.39. The lowest BCUT2D eigenvalue weighted by Crippen LogP contribution is -2.63. The van der Waals surface area contributed by atoms with Crippen LogP contribution in [0.25, 0.3) is 0 Å². The molecule has 0 aromatic carbocycles. The van der Waals surface area contributed by atoms with Gasteiger partial charge in [0.05, 0.1) is 0 Å². The molecule has 2 N–H and O–H groups in total. The third-order valence-corrected chi connectivity index (χ3v) is 2.74. The van der Waals surface area contributed by atoms with Crippen LogP contribution in [0.1, 0.15) is 6.42 Å². The van der Waals surface area contributed by atoms with Crippen LogP contribution in [-0.2, 0) is 0 Å². The molecule has 0 aromatic heterocycles. The van der Waals surface area contributed by atoms with Crippen molar-refractivity contribution < 1.29 is 4.39 Å². The first-order chi connectivity index (χ1) is 4.83. The van der Waals surface area contributed by atoms with E-state index in [1.165, 1.54) is 0 Å². The summed E-state index contributed by atoms with van der Waals surface area (Å²) in [4.78, 5) is 0. The molecule has 0 saturated carbocycles. The molecule has 2 saturated heterocycles. The summed E-state index contributed by atoms with van der Waals surface area (Å²) >= 11 is 0. The maximum Gasteiger partial charge on any atom is 0.121 e. The van der Waals surface area contributed by atoms with Crippen molar-refractivity contribution in [3.63, 3.8) is 0 Å². The van der Waals surface area contributed by atoms with Crippen molar-refractivity contribution in [2.75, 3.05) is 26.2 Å². The van der Waals surface area contributed by atoms with E-state index in [1.54, 1.807) is 0 Å². The molecular formula is C7H13FN2. The Hall–Kier alpha value is -0.150. The fraction of sp³-hybridized carbons (Fsp3) is 1.00. The fourth-order valence-electron chi connectivity index (χ4n) is 1.78. The highest BCUT2D eigenvalue weighted by atomic mass is 19.1. The lowest BCUT2D eigenvalue weighted by Gasteiger charge is -2.47. The Morgan fingerprint density at radius 3 is 2.50 bits per heavy atom. The van der Waals surface area contributed by atoms with E-state index in [0.29, 0.717) is 6.54 Å². The standard InChI is InChI=1S/C7H13FN2/c8-6-3-9-2-1-7(6)4-10-5-7/h6,9-10H,1-5H2. The van der Waals surface area contributed by atoms with Gasteiger partial charge >= 0.3 is 0 Å². The van der Waals surface area contributed by atoms with Gasteiger partial charge in [-0.3, -0.25) is 0 Å². The van der Waals surface area contributed by atoms with Gasteiger partial charge in [-0.2, -0.15) is 0 Å². The molecule has 0 amide bonds. The second kappa shape index (κ2) is 2.17. The molecule has 1 unspecified atom stereocenters. The van der Waals surface area contributed by atoms with E-state index in [-0.39, 0.29) is 5.41 Å². The van der Waals surface area contributed by atoms with Gasteiger partial charge in [-0.1, -0.05) is 0 Å². The summed E-state index contributed by atoms with van der Waals surface area (Å²) in [6.45, 7) is 3.31. The molecule has 2 aliphatic heterocycles. The van der Waals surface area contributed by atoms with Crippen LogP contribution in [0.5, 0.6) is 0 Å². The van der Waals surface area contributed by atoms with E-state index in [2.05, 4.69) is 10.6 Å². The molecule has 3 heteroatoms. The molecule has 58 valence electrons. The Balaban J connectivity index is 2.03. The van der Waals surface area contributed by atoms with Crippen molar-refractivity contribution in [2.45, 2.75) is 12.6 Å². The first-order valence-electron chi connectivity index (χ1n) is 3.89. The zero-order valence-corrected chi connectivity index (χ0v) is 5.99. The Morgan fingerprint density at radius 2 is 2.10 bits per heavy atom. The molecular weight excluding hydrogens is 131 g/mol. The third-order valence-electron chi connectivity index (χ3n) is 2.74. The minimum absolute atomic E-state index is 0.0191. The van der Waals surface area contributed by atoms with E-state index in [1.807, 2.05) is 0 Å². The van der Waals surface area contributed by atoms with Crippen molar-refractivity contribution in [1.29, 1.82) is 0 Å². The minimum atomic E-state index is -0.623. The molecule has 2 nitrogen and oxygen atoms in total. The van der Waals surface area contributed by atoms with E-state index in [0.717, 1.165) is 26.1 Å². The molecule has 0 aromatic rings. The molecule has 2 fully saturated rings. The van der Waals surface area contributed by atoms with E-state index < -0.39 is 6.17 Å². The lowest BCUT2D eigenvalue weighted by atomic mass is 9.73. The largest absolute Gasteiger partial charge is 0.315 e. The van der Waals surface area contributed by atoms with Crippen LogP contribution in [0.2, 0.25) is 0 Å². The summed E-state index contributed by atoms with van der Waals surface area (Å²) in [5.41, 5.74) is 0.0191. The SMILES string of the molecule is FC1CNCCC12CNC2. The zero-order valence-electron chi connectivity index (χ0n) is 5.99. The van der Waals surface area contributed by atoms with Crippen LogP contribution in [0.15, 0.2) is 0 Å². The molecule has 1 spiro atoms. The quantitative estimate of drug-likeness (QED) is 0.496. The van der Waals surface area contributed by atoms with Gasteiger partial charge in [-0.15, -0.1) is 0 Å². The van der Waals surface area contributed by atoms with Gasteiger partial charge < -0.3 is 10.6 Å². The highest BCUT2D eigenvalue weighted by molar-refractivity contribution is 5.01. The zero-order chi connectivity index (χ0) is 7.03. The summed E-state index contributed by atoms with van der Waals surface area (Å²) in [7, 11) is 0. The minimum Gasteiger partial charge on any atom is -0.315 e. The van der Waals surface area contributed by atoms with Gasteiger partial charge in [0.2, 0.25) is 0 Å². The summed E-state index contributed by atoms with van der Waals surface area (Å²) in [5.74, 6) is 0. The monoisotopic (exact) mass is 144 g/mol. The number of hydrogen-bond donors (Lipinski definition) is 2. The number of rotatable bonds is 0. The first kappa shape index (κ1) is 6.55. The highest BCUT2D eigenvalue weighted by Crippen LogP contribution is 2.34. The topological polar surface area (TPSA) is 24.1 Å². The molecule has 0 aliphatic carbocycles. The van der Waals surface area contributed by atoms with Gasteiger partial charge in [0, 0.05) is 25.0 Å². The average molecular weight is 144 g/mol. The summed E-state index contributed by atoms with van der Waals surface area (Å²) in [6.07, 6.45) is 0.378. The van der Waals surface area contributed by atoms with Gasteiger partial charge in [0.1, 0.15) is 6.17 Å². The predicted molar refractivity (Wildman–Crippen MR) is 37.7 cm³/mol. The molecule has 2 rings (SSSR count). The van der Waals surface area contributed by atoms with Crippen LogP contribution in [-0.4, -0.2) is 32.4 Å².